The molecule has 4 heterocycles. The second kappa shape index (κ2) is 17.8. The largest absolute Gasteiger partial charge is 0.498 e. The van der Waals surface area contributed by atoms with E-state index in [0.717, 1.165) is 82.8 Å². The summed E-state index contributed by atoms with van der Waals surface area (Å²) in [4.78, 5) is 14.4. The Bertz CT molecular complexity index is 3050. The quantitative estimate of drug-likeness (QED) is 0.156. The molecule has 5 aromatic carbocycles. The van der Waals surface area contributed by atoms with Gasteiger partial charge in [-0.05, 0) is 94.0 Å². The minimum atomic E-state index is -0.820. The van der Waals surface area contributed by atoms with Crippen LogP contribution in [-0.2, 0) is 31.9 Å². The van der Waals surface area contributed by atoms with Crippen LogP contribution in [0.2, 0.25) is 0 Å². The number of hydrogen-bond acceptors (Lipinski definition) is 5. The van der Waals surface area contributed by atoms with Crippen LogP contribution in [0.15, 0.2) is 120 Å². The van der Waals surface area contributed by atoms with Crippen molar-refractivity contribution in [3.05, 3.63) is 160 Å². The van der Waals surface area contributed by atoms with E-state index in [1.165, 1.54) is 33.4 Å². The number of furan rings is 1. The van der Waals surface area contributed by atoms with E-state index >= 15 is 0 Å². The van der Waals surface area contributed by atoms with Crippen molar-refractivity contribution in [3.63, 3.8) is 0 Å². The van der Waals surface area contributed by atoms with Crippen LogP contribution in [0.4, 0.5) is 0 Å². The van der Waals surface area contributed by atoms with E-state index in [1.54, 1.807) is 11.3 Å². The van der Waals surface area contributed by atoms with Gasteiger partial charge in [-0.1, -0.05) is 134 Å². The van der Waals surface area contributed by atoms with Gasteiger partial charge in [-0.25, -0.2) is 4.98 Å². The summed E-state index contributed by atoms with van der Waals surface area (Å²) >= 11 is 1.72. The first kappa shape index (κ1) is 43.4. The number of nitrogens with zero attached hydrogens (tertiary/aromatic N) is 3. The predicted octanol–water partition coefficient (Wildman–Crippen LogP) is 15.9. The molecule has 0 unspecified atom stereocenters. The summed E-state index contributed by atoms with van der Waals surface area (Å²) in [6, 6.07) is 42.6. The number of benzene rings is 5. The fourth-order valence-electron chi connectivity index (χ4n) is 7.99. The van der Waals surface area contributed by atoms with Crippen LogP contribution in [0, 0.1) is 38.3 Å². The molecule has 0 N–H and O–H groups in total. The summed E-state index contributed by atoms with van der Waals surface area (Å²) in [5, 5.41) is 3.16. The number of fused-ring (bicyclic) bond motifs is 5. The average Bonchev–Trinajstić information content (AvgIpc) is 3.84. The Morgan fingerprint density at radius 2 is 1.48 bits per heavy atom. The van der Waals surface area contributed by atoms with Crippen LogP contribution in [0.25, 0.3) is 76.9 Å². The molecular weight excluding hydrogens is 955 g/mol. The molecule has 62 heavy (non-hydrogen) atoms. The van der Waals surface area contributed by atoms with Crippen LogP contribution in [0.5, 0.6) is 0 Å². The number of aryl methyl sites for hydroxylation is 3. The average molecular weight is 1010 g/mol. The van der Waals surface area contributed by atoms with Gasteiger partial charge in [0.2, 0.25) is 0 Å². The predicted molar refractivity (Wildman–Crippen MR) is 259 cm³/mol. The van der Waals surface area contributed by atoms with Crippen molar-refractivity contribution in [2.45, 2.75) is 93.9 Å². The Morgan fingerprint density at radius 3 is 2.15 bits per heavy atom. The Morgan fingerprint density at radius 1 is 0.758 bits per heavy atom. The van der Waals surface area contributed by atoms with Gasteiger partial charge in [0.1, 0.15) is 11.1 Å². The van der Waals surface area contributed by atoms with Crippen LogP contribution in [0.1, 0.15) is 95.5 Å². The summed E-state index contributed by atoms with van der Waals surface area (Å²) < 4.78 is 16.7. The van der Waals surface area contributed by atoms with E-state index in [2.05, 4.69) is 158 Å². The minimum Gasteiger partial charge on any atom is -0.498 e. The molecule has 0 saturated carbocycles. The third kappa shape index (κ3) is 9.39. The minimum absolute atomic E-state index is 0. The zero-order chi connectivity index (χ0) is 44.1. The molecule has 317 valence electrons. The Hall–Kier alpha value is -5.26. The monoisotopic (exact) mass is 1010 g/mol. The van der Waals surface area contributed by atoms with E-state index in [1.807, 2.05) is 50.5 Å². The van der Waals surface area contributed by atoms with Crippen LogP contribution >= 0.6 is 11.3 Å². The van der Waals surface area contributed by atoms with Gasteiger partial charge in [0.05, 0.1) is 15.3 Å². The van der Waals surface area contributed by atoms with Gasteiger partial charge >= 0.3 is 0 Å². The molecule has 0 atom stereocenters. The van der Waals surface area contributed by atoms with Crippen molar-refractivity contribution in [2.24, 2.45) is 5.41 Å². The van der Waals surface area contributed by atoms with Crippen molar-refractivity contribution >= 4 is 43.5 Å². The van der Waals surface area contributed by atoms with Crippen LogP contribution in [0.3, 0.4) is 0 Å². The summed E-state index contributed by atoms with van der Waals surface area (Å²) in [6.45, 7) is 23.5. The van der Waals surface area contributed by atoms with Crippen LogP contribution in [-0.4, -0.2) is 15.0 Å². The van der Waals surface area contributed by atoms with E-state index in [9.17, 15) is 0 Å². The molecule has 6 heteroatoms. The first-order valence-electron chi connectivity index (χ1n) is 21.6. The second-order valence-corrected chi connectivity index (χ2v) is 19.8. The summed E-state index contributed by atoms with van der Waals surface area (Å²) in [5.74, 6) is -0.820. The van der Waals surface area contributed by atoms with Gasteiger partial charge in [-0.3, -0.25) is 0 Å². The Balaban J connectivity index is 0.000000206. The number of thiazole rings is 1. The standard InChI is InChI=1S/C33H31N2OS.C23H24N.Ir/c1-18(2)24-16-26(34-17-25(24)28-19(3)10-8-11-20(28)4)23-13-9-12-21-22-14-15-27-29(31(22)36-30(21)23)35-32(37-27)33(5,6)7;1-17-5-9-20(10-6-17)22-15-21(13-14-24-22)19-11-7-18(8-12-19)16-23(2,3)4;/h8-12,14-18H,1-7H3;5-9,11-15H,16H2,1-4H3;/q2*-1;/i18D;;. The smallest absolute Gasteiger partial charge is 0.148 e. The Labute approximate surface area is 386 Å². The molecule has 0 amide bonds. The van der Waals surface area contributed by atoms with Gasteiger partial charge < -0.3 is 14.4 Å². The number of rotatable bonds is 6. The fraction of sp³-hybridized carbons (Fsp3) is 0.268. The Kier molecular flexibility index (Phi) is 12.5. The molecule has 0 saturated heterocycles. The second-order valence-electron chi connectivity index (χ2n) is 18.8. The molecule has 1 radical (unpaired) electrons. The molecule has 9 rings (SSSR count). The molecule has 0 bridgehead atoms. The first-order valence-corrected chi connectivity index (χ1v) is 21.9. The van der Waals surface area contributed by atoms with Gasteiger partial charge in [0, 0.05) is 50.2 Å². The summed E-state index contributed by atoms with van der Waals surface area (Å²) in [6.07, 6.45) is 4.88. The maximum Gasteiger partial charge on any atom is 0.148 e. The SMILES string of the molecule is Cc1c[c-]c(-c2cc(-c3ccc(CC(C)(C)C)cc3)ccn2)cc1.[2H]C(C)(C)c1cc(-c2[c-]ccc3c2oc2c3ccc3sc(C(C)(C)C)nc32)ncc1-c1c(C)cccc1C.[Ir]. The molecule has 9 aromatic rings. The molecule has 0 spiro atoms. The molecule has 0 aliphatic carbocycles. The maximum atomic E-state index is 8.99. The third-order valence-corrected chi connectivity index (χ3v) is 12.5. The molecule has 4 aromatic heterocycles. The van der Waals surface area contributed by atoms with Gasteiger partial charge in [-0.15, -0.1) is 64.9 Å². The number of aromatic nitrogens is 3. The molecule has 0 aliphatic heterocycles. The van der Waals surface area contributed by atoms with Crippen molar-refractivity contribution in [3.8, 4) is 44.8 Å². The molecule has 0 fully saturated rings. The summed E-state index contributed by atoms with van der Waals surface area (Å²) in [5.41, 5.74) is 16.7. The van der Waals surface area contributed by atoms with E-state index in [-0.39, 0.29) is 25.5 Å². The third-order valence-electron chi connectivity index (χ3n) is 11.1. The van der Waals surface area contributed by atoms with Gasteiger partial charge in [-0.2, -0.15) is 0 Å². The molecular formula is C56H55IrN3OS-2. The normalized spacial score (nSPS) is 12.3. The zero-order valence-corrected chi connectivity index (χ0v) is 40.9. The van der Waals surface area contributed by atoms with Crippen molar-refractivity contribution in [2.75, 3.05) is 0 Å². The molecule has 0 aliphatic rings. The topological polar surface area (TPSA) is 51.8 Å². The van der Waals surface area contributed by atoms with Crippen LogP contribution < -0.4 is 0 Å². The van der Waals surface area contributed by atoms with Crippen molar-refractivity contribution in [1.29, 1.82) is 0 Å². The van der Waals surface area contributed by atoms with Gasteiger partial charge in [0.15, 0.2) is 0 Å². The van der Waals surface area contributed by atoms with E-state index < -0.39 is 5.89 Å². The van der Waals surface area contributed by atoms with E-state index in [0.29, 0.717) is 5.41 Å². The van der Waals surface area contributed by atoms with Crippen molar-refractivity contribution < 1.29 is 25.9 Å². The first-order chi connectivity index (χ1) is 29.3. The fourth-order valence-corrected chi connectivity index (χ4v) is 9.01. The number of pyridine rings is 2. The zero-order valence-electron chi connectivity index (χ0n) is 38.7. The summed E-state index contributed by atoms with van der Waals surface area (Å²) in [7, 11) is 0. The van der Waals surface area contributed by atoms with Gasteiger partial charge in [0.25, 0.3) is 0 Å². The number of hydrogen-bond donors (Lipinski definition) is 0. The molecule has 4 nitrogen and oxygen atoms in total. The van der Waals surface area contributed by atoms with E-state index in [4.69, 9.17) is 15.8 Å². The van der Waals surface area contributed by atoms with Crippen molar-refractivity contribution in [1.82, 2.24) is 15.0 Å². The maximum absolute atomic E-state index is 8.99.